The number of hydrogen-bond donors (Lipinski definition) is 2. The van der Waals surface area contributed by atoms with Gasteiger partial charge in [-0.15, -0.1) is 0 Å². The van der Waals surface area contributed by atoms with Gasteiger partial charge in [0, 0.05) is 13.0 Å². The number of ether oxygens (including phenoxy) is 1. The quantitative estimate of drug-likeness (QED) is 0.863. The molecule has 6 nitrogen and oxygen atoms in total. The van der Waals surface area contributed by atoms with Crippen molar-refractivity contribution in [1.29, 1.82) is 0 Å². The highest BCUT2D eigenvalue weighted by molar-refractivity contribution is 7.92. The van der Waals surface area contributed by atoms with Crippen LogP contribution in [0.5, 0.6) is 5.75 Å². The van der Waals surface area contributed by atoms with E-state index in [9.17, 15) is 22.0 Å². The van der Waals surface area contributed by atoms with Gasteiger partial charge < -0.3 is 10.1 Å². The lowest BCUT2D eigenvalue weighted by atomic mass is 10.3. The molecule has 2 rings (SSSR count). The maximum Gasteiger partial charge on any atom is 0.261 e. The van der Waals surface area contributed by atoms with Crippen LogP contribution in [0.15, 0.2) is 41.3 Å². The minimum atomic E-state index is -4.12. The zero-order valence-electron chi connectivity index (χ0n) is 12.8. The van der Waals surface area contributed by atoms with Crippen molar-refractivity contribution in [2.75, 3.05) is 17.1 Å². The highest BCUT2D eigenvalue weighted by Crippen LogP contribution is 2.28. The summed E-state index contributed by atoms with van der Waals surface area (Å²) < 4.78 is 58.2. The Balaban J connectivity index is 2.39. The van der Waals surface area contributed by atoms with Crippen LogP contribution in [0.4, 0.5) is 20.2 Å². The van der Waals surface area contributed by atoms with Gasteiger partial charge >= 0.3 is 0 Å². The van der Waals surface area contributed by atoms with Crippen molar-refractivity contribution < 1.29 is 26.7 Å². The van der Waals surface area contributed by atoms with Crippen LogP contribution in [0, 0.1) is 11.6 Å². The van der Waals surface area contributed by atoms with Gasteiger partial charge in [0.15, 0.2) is 0 Å². The number of amides is 1. The van der Waals surface area contributed by atoms with Gasteiger partial charge in [-0.25, -0.2) is 17.2 Å². The second-order valence-electron chi connectivity index (χ2n) is 4.81. The number of nitrogens with one attached hydrogen (secondary N) is 2. The van der Waals surface area contributed by atoms with Crippen molar-refractivity contribution in [3.05, 3.63) is 48.0 Å². The highest BCUT2D eigenvalue weighted by atomic mass is 32.2. The van der Waals surface area contributed by atoms with E-state index in [0.717, 1.165) is 12.1 Å². The molecule has 0 saturated carbocycles. The van der Waals surface area contributed by atoms with Crippen LogP contribution in [-0.4, -0.2) is 21.4 Å². The highest BCUT2D eigenvalue weighted by Gasteiger charge is 2.18. The van der Waals surface area contributed by atoms with Crippen LogP contribution >= 0.6 is 0 Å². The number of rotatable bonds is 5. The summed E-state index contributed by atoms with van der Waals surface area (Å²) in [5.41, 5.74) is -0.109. The molecule has 24 heavy (non-hydrogen) atoms. The Morgan fingerprint density at radius 3 is 2.25 bits per heavy atom. The first-order chi connectivity index (χ1) is 11.2. The molecule has 0 unspecified atom stereocenters. The van der Waals surface area contributed by atoms with Crippen LogP contribution in [0.3, 0.4) is 0 Å². The topological polar surface area (TPSA) is 84.5 Å². The lowest BCUT2D eigenvalue weighted by Gasteiger charge is -2.13. The van der Waals surface area contributed by atoms with Crippen molar-refractivity contribution in [3.8, 4) is 5.75 Å². The summed E-state index contributed by atoms with van der Waals surface area (Å²) in [5, 5.41) is 2.44. The molecule has 1 amide bonds. The van der Waals surface area contributed by atoms with Crippen LogP contribution < -0.4 is 14.8 Å². The maximum atomic E-state index is 13.2. The number of carbonyl (C=O) groups excluding carboxylic acids is 1. The molecule has 2 aromatic rings. The summed E-state index contributed by atoms with van der Waals surface area (Å²) in [5.74, 6) is -1.98. The Bertz CT molecular complexity index is 865. The smallest absolute Gasteiger partial charge is 0.261 e. The van der Waals surface area contributed by atoms with Crippen molar-refractivity contribution in [2.45, 2.75) is 11.8 Å². The molecule has 9 heteroatoms. The summed E-state index contributed by atoms with van der Waals surface area (Å²) in [4.78, 5) is 11.0. The fraction of sp³-hybridized carbons (Fsp3) is 0.133. The van der Waals surface area contributed by atoms with Gasteiger partial charge in [0.25, 0.3) is 10.0 Å². The van der Waals surface area contributed by atoms with E-state index in [-0.39, 0.29) is 22.0 Å². The van der Waals surface area contributed by atoms with Gasteiger partial charge in [-0.1, -0.05) is 0 Å². The van der Waals surface area contributed by atoms with Crippen LogP contribution in [0.1, 0.15) is 6.92 Å². The van der Waals surface area contributed by atoms with E-state index in [1.807, 2.05) is 0 Å². The van der Waals surface area contributed by atoms with Crippen molar-refractivity contribution in [1.82, 2.24) is 0 Å². The zero-order valence-corrected chi connectivity index (χ0v) is 13.6. The van der Waals surface area contributed by atoms with Crippen LogP contribution in [-0.2, 0) is 14.8 Å². The van der Waals surface area contributed by atoms with Crippen LogP contribution in [0.25, 0.3) is 0 Å². The third-order valence-corrected chi connectivity index (χ3v) is 4.29. The molecule has 2 N–H and O–H groups in total. The molecule has 0 radical (unpaired) electrons. The van der Waals surface area contributed by atoms with Crippen molar-refractivity contribution in [3.63, 3.8) is 0 Å². The largest absolute Gasteiger partial charge is 0.495 e. The first kappa shape index (κ1) is 17.7. The lowest BCUT2D eigenvalue weighted by molar-refractivity contribution is -0.114. The number of hydrogen-bond acceptors (Lipinski definition) is 4. The van der Waals surface area contributed by atoms with Gasteiger partial charge in [-0.2, -0.15) is 0 Å². The molecule has 0 aliphatic heterocycles. The molecule has 0 aliphatic carbocycles. The number of methoxy groups -OCH3 is 1. The molecule has 2 aromatic carbocycles. The SMILES string of the molecule is COc1ccc(S(=O)(=O)Nc2cc(F)cc(F)c2)cc1NC(C)=O. The first-order valence-corrected chi connectivity index (χ1v) is 8.14. The second-order valence-corrected chi connectivity index (χ2v) is 6.49. The van der Waals surface area contributed by atoms with Crippen molar-refractivity contribution in [2.24, 2.45) is 0 Å². The van der Waals surface area contributed by atoms with Gasteiger partial charge in [0.05, 0.1) is 23.4 Å². The second kappa shape index (κ2) is 6.83. The fourth-order valence-corrected chi connectivity index (χ4v) is 3.03. The number of benzene rings is 2. The van der Waals surface area contributed by atoms with E-state index in [0.29, 0.717) is 6.07 Å². The number of halogens is 2. The monoisotopic (exact) mass is 356 g/mol. The first-order valence-electron chi connectivity index (χ1n) is 6.66. The van der Waals surface area contributed by atoms with Crippen molar-refractivity contribution >= 4 is 27.3 Å². The van der Waals surface area contributed by atoms with Crippen LogP contribution in [0.2, 0.25) is 0 Å². The summed E-state index contributed by atoms with van der Waals surface area (Å²) in [7, 11) is -2.76. The number of sulfonamides is 1. The van der Waals surface area contributed by atoms with Gasteiger partial charge in [0.1, 0.15) is 17.4 Å². The fourth-order valence-electron chi connectivity index (χ4n) is 1.97. The predicted molar refractivity (Wildman–Crippen MR) is 84.5 cm³/mol. The Morgan fingerprint density at radius 1 is 1.08 bits per heavy atom. The predicted octanol–water partition coefficient (Wildman–Crippen LogP) is 2.73. The maximum absolute atomic E-state index is 13.2. The Labute approximate surface area is 137 Å². The molecule has 0 heterocycles. The third kappa shape index (κ3) is 4.19. The van der Waals surface area contributed by atoms with E-state index in [2.05, 4.69) is 10.0 Å². The average molecular weight is 356 g/mol. The molecule has 0 bridgehead atoms. The number of carbonyl (C=O) groups is 1. The summed E-state index contributed by atoms with van der Waals surface area (Å²) in [6.07, 6.45) is 0. The molecule has 128 valence electrons. The lowest BCUT2D eigenvalue weighted by Crippen LogP contribution is -2.14. The van der Waals surface area contributed by atoms with E-state index in [4.69, 9.17) is 4.74 Å². The summed E-state index contributed by atoms with van der Waals surface area (Å²) in [6, 6.07) is 6.09. The molecular weight excluding hydrogens is 342 g/mol. The van der Waals surface area contributed by atoms with Gasteiger partial charge in [0.2, 0.25) is 5.91 Å². The summed E-state index contributed by atoms with van der Waals surface area (Å²) in [6.45, 7) is 1.26. The molecule has 0 spiro atoms. The molecular formula is C15H14F2N2O4S. The van der Waals surface area contributed by atoms with E-state index >= 15 is 0 Å². The standard InChI is InChI=1S/C15H14F2N2O4S/c1-9(20)18-14-8-13(3-4-15(14)23-2)24(21,22)19-12-6-10(16)5-11(17)7-12/h3-8,19H,1-2H3,(H,18,20). The minimum Gasteiger partial charge on any atom is -0.495 e. The Hall–Kier alpha value is -2.68. The molecule has 0 aromatic heterocycles. The third-order valence-electron chi connectivity index (χ3n) is 2.91. The Morgan fingerprint density at radius 2 is 1.71 bits per heavy atom. The molecule has 0 atom stereocenters. The number of anilines is 2. The Kier molecular flexibility index (Phi) is 5.03. The van der Waals surface area contributed by atoms with E-state index < -0.39 is 27.6 Å². The van der Waals surface area contributed by atoms with E-state index in [1.54, 1.807) is 0 Å². The molecule has 0 saturated heterocycles. The average Bonchev–Trinajstić information content (AvgIpc) is 2.44. The van der Waals surface area contributed by atoms with E-state index in [1.165, 1.54) is 32.2 Å². The minimum absolute atomic E-state index is 0.151. The normalized spacial score (nSPS) is 11.0. The molecule has 0 aliphatic rings. The van der Waals surface area contributed by atoms with Gasteiger partial charge in [-0.3, -0.25) is 9.52 Å². The summed E-state index contributed by atoms with van der Waals surface area (Å²) >= 11 is 0. The zero-order chi connectivity index (χ0) is 17.9. The molecule has 0 fully saturated rings. The van der Waals surface area contributed by atoms with Gasteiger partial charge in [-0.05, 0) is 30.3 Å².